The third kappa shape index (κ3) is 2.55. The molecule has 0 spiro atoms. The summed E-state index contributed by atoms with van der Waals surface area (Å²) in [7, 11) is 0. The minimum Gasteiger partial charge on any atom is -0.251 e. The molecule has 0 saturated heterocycles. The van der Waals surface area contributed by atoms with E-state index >= 15 is 0 Å². The highest BCUT2D eigenvalue weighted by Crippen LogP contribution is 2.47. The number of hydrogen-bond acceptors (Lipinski definition) is 1. The van der Waals surface area contributed by atoms with Crippen LogP contribution in [0.2, 0.25) is 0 Å². The van der Waals surface area contributed by atoms with Gasteiger partial charge in [0.1, 0.15) is 5.69 Å². The first-order valence-corrected chi connectivity index (χ1v) is 6.59. The molecule has 1 aromatic heterocycles. The summed E-state index contributed by atoms with van der Waals surface area (Å²) in [4.78, 5) is 3.48. The molecule has 2 unspecified atom stereocenters. The van der Waals surface area contributed by atoms with Crippen LogP contribution in [0.1, 0.15) is 30.5 Å². The normalized spacial score (nSPS) is 21.8. The molecular formula is C16H14F3N. The Morgan fingerprint density at radius 1 is 1.00 bits per heavy atom. The van der Waals surface area contributed by atoms with E-state index in [1.54, 1.807) is 0 Å². The molecule has 3 rings (SSSR count). The molecule has 0 radical (unpaired) electrons. The highest BCUT2D eigenvalue weighted by atomic mass is 19.4. The van der Waals surface area contributed by atoms with E-state index in [1.807, 2.05) is 12.1 Å². The quantitative estimate of drug-likeness (QED) is 0.761. The fraction of sp³-hybridized carbons (Fsp3) is 0.312. The van der Waals surface area contributed by atoms with Gasteiger partial charge in [0.15, 0.2) is 0 Å². The summed E-state index contributed by atoms with van der Waals surface area (Å²) in [6, 6.07) is 10.5. The molecule has 1 aliphatic rings. The predicted octanol–water partition coefficient (Wildman–Crippen LogP) is 4.89. The maximum absolute atomic E-state index is 12.4. The van der Waals surface area contributed by atoms with Crippen LogP contribution in [-0.4, -0.2) is 4.98 Å². The number of benzene rings is 1. The van der Waals surface area contributed by atoms with Gasteiger partial charge in [-0.2, -0.15) is 13.2 Å². The van der Waals surface area contributed by atoms with E-state index in [0.29, 0.717) is 11.5 Å². The molecule has 1 heterocycles. The largest absolute Gasteiger partial charge is 0.433 e. The van der Waals surface area contributed by atoms with Gasteiger partial charge in [-0.3, -0.25) is 4.98 Å². The van der Waals surface area contributed by atoms with Crippen LogP contribution in [0, 0.1) is 5.92 Å². The second-order valence-electron chi connectivity index (χ2n) is 5.37. The van der Waals surface area contributed by atoms with Crippen molar-refractivity contribution in [3.63, 3.8) is 0 Å². The Balaban J connectivity index is 1.82. The summed E-state index contributed by atoms with van der Waals surface area (Å²) < 4.78 is 37.3. The SMILES string of the molecule is CC1CC1c1ccc(-c2ccc(C(F)(F)F)nc2)cc1. The van der Waals surface area contributed by atoms with Crippen molar-refractivity contribution in [2.45, 2.75) is 25.4 Å². The standard InChI is InChI=1S/C16H14F3N/c1-10-8-14(10)12-4-2-11(3-5-12)13-6-7-15(20-9-13)16(17,18)19/h2-7,9-10,14H,8H2,1H3. The molecule has 2 atom stereocenters. The lowest BCUT2D eigenvalue weighted by atomic mass is 10.0. The van der Waals surface area contributed by atoms with Crippen LogP contribution >= 0.6 is 0 Å². The lowest BCUT2D eigenvalue weighted by Crippen LogP contribution is -2.07. The van der Waals surface area contributed by atoms with E-state index in [-0.39, 0.29) is 0 Å². The molecule has 104 valence electrons. The van der Waals surface area contributed by atoms with Gasteiger partial charge < -0.3 is 0 Å². The van der Waals surface area contributed by atoms with Gasteiger partial charge in [-0.1, -0.05) is 37.3 Å². The molecule has 1 saturated carbocycles. The van der Waals surface area contributed by atoms with Crippen LogP contribution in [0.15, 0.2) is 42.6 Å². The van der Waals surface area contributed by atoms with E-state index in [0.717, 1.165) is 17.5 Å². The molecule has 1 aliphatic carbocycles. The van der Waals surface area contributed by atoms with Crippen molar-refractivity contribution in [2.75, 3.05) is 0 Å². The molecule has 1 nitrogen and oxygen atoms in total. The van der Waals surface area contributed by atoms with Crippen molar-refractivity contribution in [3.05, 3.63) is 53.9 Å². The van der Waals surface area contributed by atoms with Crippen LogP contribution in [0.5, 0.6) is 0 Å². The summed E-state index contributed by atoms with van der Waals surface area (Å²) in [6.45, 7) is 2.22. The van der Waals surface area contributed by atoms with E-state index in [4.69, 9.17) is 0 Å². The maximum atomic E-state index is 12.4. The van der Waals surface area contributed by atoms with Crippen molar-refractivity contribution >= 4 is 0 Å². The zero-order chi connectivity index (χ0) is 14.3. The molecule has 20 heavy (non-hydrogen) atoms. The molecule has 2 aromatic rings. The lowest BCUT2D eigenvalue weighted by Gasteiger charge is -2.07. The third-order valence-corrected chi connectivity index (χ3v) is 3.84. The van der Waals surface area contributed by atoms with Gasteiger partial charge >= 0.3 is 6.18 Å². The zero-order valence-electron chi connectivity index (χ0n) is 11.0. The van der Waals surface area contributed by atoms with E-state index in [1.165, 1.54) is 24.2 Å². The molecule has 0 amide bonds. The Morgan fingerprint density at radius 2 is 1.60 bits per heavy atom. The summed E-state index contributed by atoms with van der Waals surface area (Å²) in [5.41, 5.74) is 2.04. The fourth-order valence-electron chi connectivity index (χ4n) is 2.44. The number of pyridine rings is 1. The van der Waals surface area contributed by atoms with Crippen molar-refractivity contribution in [2.24, 2.45) is 5.92 Å². The van der Waals surface area contributed by atoms with Crippen molar-refractivity contribution in [3.8, 4) is 11.1 Å². The molecule has 1 fully saturated rings. The minimum absolute atomic E-state index is 0.648. The average molecular weight is 277 g/mol. The van der Waals surface area contributed by atoms with Crippen LogP contribution in [0.3, 0.4) is 0 Å². The Kier molecular flexibility index (Phi) is 3.04. The average Bonchev–Trinajstić information content (AvgIpc) is 3.15. The molecule has 4 heteroatoms. The van der Waals surface area contributed by atoms with Gasteiger partial charge in [0.2, 0.25) is 0 Å². The van der Waals surface area contributed by atoms with Crippen molar-refractivity contribution in [1.29, 1.82) is 0 Å². The van der Waals surface area contributed by atoms with Crippen LogP contribution < -0.4 is 0 Å². The van der Waals surface area contributed by atoms with Gasteiger partial charge in [-0.15, -0.1) is 0 Å². The first kappa shape index (κ1) is 13.2. The number of hydrogen-bond donors (Lipinski definition) is 0. The summed E-state index contributed by atoms with van der Waals surface area (Å²) in [5.74, 6) is 1.39. The first-order chi connectivity index (χ1) is 9.45. The van der Waals surface area contributed by atoms with Gasteiger partial charge in [-0.05, 0) is 35.4 Å². The fourth-order valence-corrected chi connectivity index (χ4v) is 2.44. The molecule has 0 aliphatic heterocycles. The first-order valence-electron chi connectivity index (χ1n) is 6.59. The predicted molar refractivity (Wildman–Crippen MR) is 71.2 cm³/mol. The second-order valence-corrected chi connectivity index (χ2v) is 5.37. The third-order valence-electron chi connectivity index (χ3n) is 3.84. The summed E-state index contributed by atoms with van der Waals surface area (Å²) in [6.07, 6.45) is -1.89. The number of alkyl halides is 3. The van der Waals surface area contributed by atoms with Crippen molar-refractivity contribution in [1.82, 2.24) is 4.98 Å². The highest BCUT2D eigenvalue weighted by molar-refractivity contribution is 5.63. The van der Waals surface area contributed by atoms with Crippen molar-refractivity contribution < 1.29 is 13.2 Å². The van der Waals surface area contributed by atoms with Gasteiger partial charge in [0.05, 0.1) is 0 Å². The smallest absolute Gasteiger partial charge is 0.251 e. The van der Waals surface area contributed by atoms with E-state index < -0.39 is 11.9 Å². The van der Waals surface area contributed by atoms with Gasteiger partial charge in [0.25, 0.3) is 0 Å². The zero-order valence-corrected chi connectivity index (χ0v) is 11.0. The Hall–Kier alpha value is -1.84. The molecule has 0 bridgehead atoms. The Morgan fingerprint density at radius 3 is 2.05 bits per heavy atom. The van der Waals surface area contributed by atoms with Crippen LogP contribution in [0.4, 0.5) is 13.2 Å². The number of nitrogens with zero attached hydrogens (tertiary/aromatic N) is 1. The summed E-state index contributed by atoms with van der Waals surface area (Å²) >= 11 is 0. The van der Waals surface area contributed by atoms with E-state index in [2.05, 4.69) is 24.0 Å². The van der Waals surface area contributed by atoms with E-state index in [9.17, 15) is 13.2 Å². The number of aromatic nitrogens is 1. The van der Waals surface area contributed by atoms with Crippen LogP contribution in [0.25, 0.3) is 11.1 Å². The molecule has 0 N–H and O–H groups in total. The highest BCUT2D eigenvalue weighted by Gasteiger charge is 2.34. The summed E-state index contributed by atoms with van der Waals surface area (Å²) in [5, 5.41) is 0. The van der Waals surface area contributed by atoms with Gasteiger partial charge in [0, 0.05) is 11.8 Å². The van der Waals surface area contributed by atoms with Crippen LogP contribution in [-0.2, 0) is 6.18 Å². The monoisotopic (exact) mass is 277 g/mol. The number of rotatable bonds is 2. The molecule has 1 aromatic carbocycles. The number of halogens is 3. The lowest BCUT2D eigenvalue weighted by molar-refractivity contribution is -0.141. The second kappa shape index (κ2) is 4.62. The maximum Gasteiger partial charge on any atom is 0.433 e. The van der Waals surface area contributed by atoms with Gasteiger partial charge in [-0.25, -0.2) is 0 Å². The molecular weight excluding hydrogens is 263 g/mol. The topological polar surface area (TPSA) is 12.9 Å². The Labute approximate surface area is 115 Å². The Bertz CT molecular complexity index is 599. The minimum atomic E-state index is -4.38.